The monoisotopic (exact) mass is 240 g/mol. The van der Waals surface area contributed by atoms with Crippen molar-refractivity contribution in [1.82, 2.24) is 10.2 Å². The number of nitrogens with one attached hydrogen (secondary N) is 1. The first-order valence-electron chi connectivity index (χ1n) is 6.63. The largest absolute Gasteiger partial charge is 0.294 e. The van der Waals surface area contributed by atoms with Gasteiger partial charge in [0.05, 0.1) is 13.1 Å². The number of carbonyl (C=O) groups is 2. The summed E-state index contributed by atoms with van der Waals surface area (Å²) in [7, 11) is 0. The van der Waals surface area contributed by atoms with E-state index in [1.165, 1.54) is 25.7 Å². The highest BCUT2D eigenvalue weighted by Crippen LogP contribution is 2.10. The normalized spacial score (nSPS) is 17.6. The Morgan fingerprint density at radius 2 is 1.65 bits per heavy atom. The lowest BCUT2D eigenvalue weighted by molar-refractivity contribution is -0.136. The summed E-state index contributed by atoms with van der Waals surface area (Å²) in [6.45, 7) is 6.10. The molecule has 0 spiro atoms. The predicted octanol–water partition coefficient (Wildman–Crippen LogP) is 1.55. The van der Waals surface area contributed by atoms with Crippen LogP contribution in [0, 0.1) is 5.92 Å². The Balaban J connectivity index is 2.02. The van der Waals surface area contributed by atoms with Crippen LogP contribution in [0.3, 0.4) is 0 Å². The molecule has 17 heavy (non-hydrogen) atoms. The summed E-state index contributed by atoms with van der Waals surface area (Å²) in [6.07, 6.45) is 6.12. The molecule has 0 radical (unpaired) electrons. The maximum Gasteiger partial charge on any atom is 0.240 e. The fraction of sp³-hybridized carbons (Fsp3) is 0.846. The Kier molecular flexibility index (Phi) is 6.19. The highest BCUT2D eigenvalue weighted by molar-refractivity contribution is 5.99. The van der Waals surface area contributed by atoms with Crippen molar-refractivity contribution in [3.63, 3.8) is 0 Å². The Hall–Kier alpha value is -0.900. The SMILES string of the molecule is CC(C)CCCCCCN1CC(=O)NC(=O)C1. The first-order chi connectivity index (χ1) is 8.08. The molecule has 0 atom stereocenters. The number of hydrogen-bond donors (Lipinski definition) is 1. The second kappa shape index (κ2) is 7.43. The molecule has 1 N–H and O–H groups in total. The maximum absolute atomic E-state index is 11.1. The molecule has 4 nitrogen and oxygen atoms in total. The minimum Gasteiger partial charge on any atom is -0.294 e. The average molecular weight is 240 g/mol. The van der Waals surface area contributed by atoms with E-state index in [4.69, 9.17) is 0 Å². The molecule has 1 heterocycles. The summed E-state index contributed by atoms with van der Waals surface area (Å²) in [5.74, 6) is 0.459. The van der Waals surface area contributed by atoms with Gasteiger partial charge in [-0.3, -0.25) is 19.8 Å². The Labute approximate surface area is 104 Å². The quantitative estimate of drug-likeness (QED) is 0.542. The fourth-order valence-corrected chi connectivity index (χ4v) is 2.10. The number of nitrogens with zero attached hydrogens (tertiary/aromatic N) is 1. The second-order valence-corrected chi connectivity index (χ2v) is 5.28. The van der Waals surface area contributed by atoms with Crippen molar-refractivity contribution >= 4 is 11.8 Å². The van der Waals surface area contributed by atoms with Gasteiger partial charge in [0.15, 0.2) is 0 Å². The molecule has 1 fully saturated rings. The van der Waals surface area contributed by atoms with Gasteiger partial charge >= 0.3 is 0 Å². The van der Waals surface area contributed by atoms with Gasteiger partial charge in [0.2, 0.25) is 11.8 Å². The number of carbonyl (C=O) groups excluding carboxylic acids is 2. The number of amides is 2. The summed E-state index contributed by atoms with van der Waals surface area (Å²) >= 11 is 0. The van der Waals surface area contributed by atoms with Crippen LogP contribution in [0.25, 0.3) is 0 Å². The maximum atomic E-state index is 11.1. The van der Waals surface area contributed by atoms with E-state index in [9.17, 15) is 9.59 Å². The molecular weight excluding hydrogens is 216 g/mol. The van der Waals surface area contributed by atoms with Crippen LogP contribution in [-0.2, 0) is 9.59 Å². The molecule has 1 aliphatic heterocycles. The van der Waals surface area contributed by atoms with Gasteiger partial charge in [0.1, 0.15) is 0 Å². The van der Waals surface area contributed by atoms with Crippen molar-refractivity contribution < 1.29 is 9.59 Å². The molecule has 0 bridgehead atoms. The van der Waals surface area contributed by atoms with Crippen LogP contribution in [-0.4, -0.2) is 36.3 Å². The van der Waals surface area contributed by atoms with E-state index in [-0.39, 0.29) is 11.8 Å². The van der Waals surface area contributed by atoms with E-state index in [1.54, 1.807) is 0 Å². The van der Waals surface area contributed by atoms with Crippen LogP contribution in [0.4, 0.5) is 0 Å². The predicted molar refractivity (Wildman–Crippen MR) is 67.5 cm³/mol. The molecule has 0 aromatic carbocycles. The molecule has 1 rings (SSSR count). The molecule has 0 aromatic rings. The molecule has 0 aromatic heterocycles. The van der Waals surface area contributed by atoms with Gasteiger partial charge in [-0.1, -0.05) is 39.5 Å². The van der Waals surface area contributed by atoms with E-state index in [0.29, 0.717) is 13.1 Å². The van der Waals surface area contributed by atoms with Gasteiger partial charge in [-0.05, 0) is 18.9 Å². The zero-order chi connectivity index (χ0) is 12.7. The van der Waals surface area contributed by atoms with Crippen LogP contribution < -0.4 is 5.32 Å². The molecule has 1 saturated heterocycles. The Bertz CT molecular complexity index is 248. The summed E-state index contributed by atoms with van der Waals surface area (Å²) in [5.41, 5.74) is 0. The molecular formula is C13H24N2O2. The fourth-order valence-electron chi connectivity index (χ4n) is 2.10. The topological polar surface area (TPSA) is 49.4 Å². The lowest BCUT2D eigenvalue weighted by Gasteiger charge is -2.24. The van der Waals surface area contributed by atoms with E-state index < -0.39 is 0 Å². The molecule has 0 saturated carbocycles. The number of imide groups is 1. The molecule has 0 aliphatic carbocycles. The molecule has 2 amide bonds. The average Bonchev–Trinajstić information content (AvgIpc) is 2.21. The highest BCUT2D eigenvalue weighted by Gasteiger charge is 2.21. The Morgan fingerprint density at radius 3 is 2.24 bits per heavy atom. The third-order valence-electron chi connectivity index (χ3n) is 3.02. The summed E-state index contributed by atoms with van der Waals surface area (Å²) in [4.78, 5) is 24.2. The first-order valence-corrected chi connectivity index (χ1v) is 6.63. The third kappa shape index (κ3) is 6.41. The number of piperazine rings is 1. The van der Waals surface area contributed by atoms with Crippen molar-refractivity contribution in [1.29, 1.82) is 0 Å². The zero-order valence-electron chi connectivity index (χ0n) is 11.0. The van der Waals surface area contributed by atoms with Crippen LogP contribution >= 0.6 is 0 Å². The smallest absolute Gasteiger partial charge is 0.240 e. The molecule has 0 unspecified atom stereocenters. The first kappa shape index (κ1) is 14.2. The van der Waals surface area contributed by atoms with Gasteiger partial charge in [0.25, 0.3) is 0 Å². The highest BCUT2D eigenvalue weighted by atomic mass is 16.2. The summed E-state index contributed by atoms with van der Waals surface area (Å²) < 4.78 is 0. The van der Waals surface area contributed by atoms with E-state index in [1.807, 2.05) is 4.90 Å². The standard InChI is InChI=1S/C13H24N2O2/c1-11(2)7-5-3-4-6-8-15-9-12(16)14-13(17)10-15/h11H,3-10H2,1-2H3,(H,14,16,17). The third-order valence-corrected chi connectivity index (χ3v) is 3.02. The van der Waals surface area contributed by atoms with Crippen molar-refractivity contribution in [2.24, 2.45) is 5.92 Å². The van der Waals surface area contributed by atoms with E-state index in [2.05, 4.69) is 19.2 Å². The van der Waals surface area contributed by atoms with Gasteiger partial charge in [-0.2, -0.15) is 0 Å². The van der Waals surface area contributed by atoms with Crippen LogP contribution in [0.15, 0.2) is 0 Å². The summed E-state index contributed by atoms with van der Waals surface area (Å²) in [5, 5.41) is 2.31. The minimum atomic E-state index is -0.166. The molecule has 1 aliphatic rings. The van der Waals surface area contributed by atoms with E-state index >= 15 is 0 Å². The number of hydrogen-bond acceptors (Lipinski definition) is 3. The minimum absolute atomic E-state index is 0.166. The van der Waals surface area contributed by atoms with Crippen LogP contribution in [0.1, 0.15) is 46.0 Å². The van der Waals surface area contributed by atoms with E-state index in [0.717, 1.165) is 18.9 Å². The van der Waals surface area contributed by atoms with Crippen LogP contribution in [0.2, 0.25) is 0 Å². The van der Waals surface area contributed by atoms with Crippen molar-refractivity contribution in [3.8, 4) is 0 Å². The van der Waals surface area contributed by atoms with Gasteiger partial charge in [-0.25, -0.2) is 0 Å². The van der Waals surface area contributed by atoms with Gasteiger partial charge < -0.3 is 0 Å². The lowest BCUT2D eigenvalue weighted by Crippen LogP contribution is -2.51. The number of rotatable bonds is 7. The second-order valence-electron chi connectivity index (χ2n) is 5.28. The Morgan fingerprint density at radius 1 is 1.06 bits per heavy atom. The molecule has 98 valence electrons. The number of unbranched alkanes of at least 4 members (excludes halogenated alkanes) is 3. The van der Waals surface area contributed by atoms with Gasteiger partial charge in [0, 0.05) is 0 Å². The van der Waals surface area contributed by atoms with Gasteiger partial charge in [-0.15, -0.1) is 0 Å². The summed E-state index contributed by atoms with van der Waals surface area (Å²) in [6, 6.07) is 0. The molecule has 4 heteroatoms. The van der Waals surface area contributed by atoms with Crippen LogP contribution in [0.5, 0.6) is 0 Å². The van der Waals surface area contributed by atoms with Crippen molar-refractivity contribution in [2.75, 3.05) is 19.6 Å². The van der Waals surface area contributed by atoms with Crippen molar-refractivity contribution in [3.05, 3.63) is 0 Å². The zero-order valence-corrected chi connectivity index (χ0v) is 11.0. The van der Waals surface area contributed by atoms with Crippen molar-refractivity contribution in [2.45, 2.75) is 46.0 Å². The lowest BCUT2D eigenvalue weighted by atomic mass is 10.0.